The van der Waals surface area contributed by atoms with Crippen LogP contribution < -0.4 is 10.5 Å². The van der Waals surface area contributed by atoms with Gasteiger partial charge in [0.25, 0.3) is 0 Å². The van der Waals surface area contributed by atoms with E-state index in [4.69, 9.17) is 10.5 Å². The number of hydrogen-bond donors (Lipinski definition) is 1. The largest absolute Gasteiger partial charge is 0.492 e. The van der Waals surface area contributed by atoms with Crippen LogP contribution in [0.5, 0.6) is 5.75 Å². The fourth-order valence-corrected chi connectivity index (χ4v) is 0.969. The van der Waals surface area contributed by atoms with E-state index in [1.165, 1.54) is 5.56 Å². The Hall–Kier alpha value is -1.51. The summed E-state index contributed by atoms with van der Waals surface area (Å²) in [5.74, 6) is 0.407. The molecule has 0 saturated carbocycles. The summed E-state index contributed by atoms with van der Waals surface area (Å²) in [5, 5.41) is 0. The van der Waals surface area contributed by atoms with Gasteiger partial charge in [0.1, 0.15) is 12.4 Å². The van der Waals surface area contributed by atoms with E-state index >= 15 is 0 Å². The number of benzene rings is 1. The van der Waals surface area contributed by atoms with Crippen molar-refractivity contribution >= 4 is 5.91 Å². The first-order chi connectivity index (χ1) is 6.92. The predicted octanol–water partition coefficient (Wildman–Crippen LogP) is 1.89. The van der Waals surface area contributed by atoms with Gasteiger partial charge in [-0.3, -0.25) is 4.79 Å². The minimum Gasteiger partial charge on any atom is -0.492 e. The van der Waals surface area contributed by atoms with Gasteiger partial charge in [0, 0.05) is 0 Å². The van der Waals surface area contributed by atoms with Crippen LogP contribution in [0.25, 0.3) is 0 Å². The standard InChI is InChI=1S/C12H17NO2/c1-9-4-6-10(7-5-9)15-8-12(2,3)11(13)14/h4-7H,8H2,1-3H3,(H2,13,14). The zero-order valence-corrected chi connectivity index (χ0v) is 9.41. The third kappa shape index (κ3) is 3.27. The molecule has 82 valence electrons. The molecule has 1 rings (SSSR count). The van der Waals surface area contributed by atoms with E-state index < -0.39 is 5.41 Å². The number of aryl methyl sites for hydroxylation is 1. The molecule has 3 nitrogen and oxygen atoms in total. The van der Waals surface area contributed by atoms with E-state index in [1.54, 1.807) is 13.8 Å². The number of ether oxygens (including phenoxy) is 1. The maximum absolute atomic E-state index is 11.0. The molecule has 0 heterocycles. The van der Waals surface area contributed by atoms with Crippen LogP contribution in [-0.4, -0.2) is 12.5 Å². The molecule has 1 aromatic carbocycles. The van der Waals surface area contributed by atoms with Crippen molar-refractivity contribution in [2.45, 2.75) is 20.8 Å². The maximum Gasteiger partial charge on any atom is 0.226 e. The minimum atomic E-state index is -0.634. The second-order valence-electron chi connectivity index (χ2n) is 4.35. The zero-order chi connectivity index (χ0) is 11.5. The summed E-state index contributed by atoms with van der Waals surface area (Å²) in [4.78, 5) is 11.0. The fraction of sp³-hybridized carbons (Fsp3) is 0.417. The topological polar surface area (TPSA) is 52.3 Å². The third-order valence-electron chi connectivity index (χ3n) is 2.29. The zero-order valence-electron chi connectivity index (χ0n) is 9.41. The first-order valence-electron chi connectivity index (χ1n) is 4.91. The Labute approximate surface area is 90.2 Å². The van der Waals surface area contributed by atoms with Crippen LogP contribution in [0, 0.1) is 12.3 Å². The lowest BCUT2D eigenvalue weighted by atomic mass is 9.94. The molecule has 15 heavy (non-hydrogen) atoms. The highest BCUT2D eigenvalue weighted by molar-refractivity contribution is 5.80. The molecule has 3 heteroatoms. The lowest BCUT2D eigenvalue weighted by molar-refractivity contribution is -0.127. The van der Waals surface area contributed by atoms with Crippen molar-refractivity contribution in [1.82, 2.24) is 0 Å². The second-order valence-corrected chi connectivity index (χ2v) is 4.35. The van der Waals surface area contributed by atoms with E-state index in [0.29, 0.717) is 6.61 Å². The van der Waals surface area contributed by atoms with E-state index in [-0.39, 0.29) is 5.91 Å². The SMILES string of the molecule is Cc1ccc(OCC(C)(C)C(N)=O)cc1. The van der Waals surface area contributed by atoms with Crippen molar-refractivity contribution < 1.29 is 9.53 Å². The highest BCUT2D eigenvalue weighted by Gasteiger charge is 2.25. The van der Waals surface area contributed by atoms with Crippen LogP contribution in [0.15, 0.2) is 24.3 Å². The number of nitrogens with two attached hydrogens (primary N) is 1. The van der Waals surface area contributed by atoms with Crippen molar-refractivity contribution in [1.29, 1.82) is 0 Å². The molecule has 0 aromatic heterocycles. The number of amides is 1. The lowest BCUT2D eigenvalue weighted by Crippen LogP contribution is -2.36. The van der Waals surface area contributed by atoms with Crippen molar-refractivity contribution in [2.75, 3.05) is 6.61 Å². The van der Waals surface area contributed by atoms with Crippen LogP contribution in [0.2, 0.25) is 0 Å². The first kappa shape index (κ1) is 11.6. The quantitative estimate of drug-likeness (QED) is 0.819. The van der Waals surface area contributed by atoms with Gasteiger partial charge in [-0.2, -0.15) is 0 Å². The van der Waals surface area contributed by atoms with Gasteiger partial charge in [-0.05, 0) is 32.9 Å². The molecule has 0 aliphatic heterocycles. The molecule has 0 aliphatic rings. The van der Waals surface area contributed by atoms with Crippen LogP contribution >= 0.6 is 0 Å². The van der Waals surface area contributed by atoms with Crippen LogP contribution in [0.3, 0.4) is 0 Å². The van der Waals surface area contributed by atoms with Gasteiger partial charge in [-0.25, -0.2) is 0 Å². The Morgan fingerprint density at radius 2 is 1.87 bits per heavy atom. The lowest BCUT2D eigenvalue weighted by Gasteiger charge is -2.20. The highest BCUT2D eigenvalue weighted by Crippen LogP contribution is 2.18. The van der Waals surface area contributed by atoms with Crippen LogP contribution in [0.1, 0.15) is 19.4 Å². The van der Waals surface area contributed by atoms with Crippen molar-refractivity contribution in [2.24, 2.45) is 11.1 Å². The molecule has 1 aromatic rings. The van der Waals surface area contributed by atoms with E-state index in [9.17, 15) is 4.79 Å². The van der Waals surface area contributed by atoms with E-state index in [0.717, 1.165) is 5.75 Å². The van der Waals surface area contributed by atoms with E-state index in [1.807, 2.05) is 31.2 Å². The summed E-state index contributed by atoms with van der Waals surface area (Å²) >= 11 is 0. The Balaban J connectivity index is 2.57. The Morgan fingerprint density at radius 1 is 1.33 bits per heavy atom. The van der Waals surface area contributed by atoms with Crippen molar-refractivity contribution in [3.05, 3.63) is 29.8 Å². The van der Waals surface area contributed by atoms with Gasteiger partial charge < -0.3 is 10.5 Å². The summed E-state index contributed by atoms with van der Waals surface area (Å²) in [6.45, 7) is 5.84. The fourth-order valence-electron chi connectivity index (χ4n) is 0.969. The van der Waals surface area contributed by atoms with Crippen LogP contribution in [0.4, 0.5) is 0 Å². The maximum atomic E-state index is 11.0. The molecule has 0 fully saturated rings. The molecule has 2 N–H and O–H groups in total. The first-order valence-corrected chi connectivity index (χ1v) is 4.91. The van der Waals surface area contributed by atoms with Gasteiger partial charge in [0.2, 0.25) is 5.91 Å². The average Bonchev–Trinajstić information content (AvgIpc) is 2.17. The van der Waals surface area contributed by atoms with Crippen LogP contribution in [-0.2, 0) is 4.79 Å². The summed E-state index contributed by atoms with van der Waals surface area (Å²) in [5.41, 5.74) is 5.78. The highest BCUT2D eigenvalue weighted by atomic mass is 16.5. The number of primary amides is 1. The normalized spacial score (nSPS) is 11.1. The van der Waals surface area contributed by atoms with Gasteiger partial charge in [0.05, 0.1) is 5.41 Å². The Kier molecular flexibility index (Phi) is 3.35. The monoisotopic (exact) mass is 207 g/mol. The molecular weight excluding hydrogens is 190 g/mol. The van der Waals surface area contributed by atoms with Crippen molar-refractivity contribution in [3.8, 4) is 5.75 Å². The number of carbonyl (C=O) groups excluding carboxylic acids is 1. The number of rotatable bonds is 4. The molecule has 0 atom stereocenters. The third-order valence-corrected chi connectivity index (χ3v) is 2.29. The predicted molar refractivity (Wildman–Crippen MR) is 59.6 cm³/mol. The van der Waals surface area contributed by atoms with Gasteiger partial charge in [-0.15, -0.1) is 0 Å². The molecule has 0 bridgehead atoms. The Morgan fingerprint density at radius 3 is 2.33 bits per heavy atom. The van der Waals surface area contributed by atoms with Crippen molar-refractivity contribution in [3.63, 3.8) is 0 Å². The molecule has 0 radical (unpaired) electrons. The van der Waals surface area contributed by atoms with Gasteiger partial charge in [-0.1, -0.05) is 17.7 Å². The molecule has 0 spiro atoms. The summed E-state index contributed by atoms with van der Waals surface area (Å²) in [7, 11) is 0. The molecule has 1 amide bonds. The molecular formula is C12H17NO2. The van der Waals surface area contributed by atoms with Gasteiger partial charge >= 0.3 is 0 Å². The second kappa shape index (κ2) is 4.34. The molecule has 0 unspecified atom stereocenters. The Bertz CT molecular complexity index is 341. The minimum absolute atomic E-state index is 0.297. The number of carbonyl (C=O) groups is 1. The molecule has 0 aliphatic carbocycles. The number of hydrogen-bond acceptors (Lipinski definition) is 2. The smallest absolute Gasteiger partial charge is 0.226 e. The van der Waals surface area contributed by atoms with Gasteiger partial charge in [0.15, 0.2) is 0 Å². The summed E-state index contributed by atoms with van der Waals surface area (Å²) < 4.78 is 5.49. The van der Waals surface area contributed by atoms with E-state index in [2.05, 4.69) is 0 Å². The average molecular weight is 207 g/mol. The molecule has 0 saturated heterocycles. The summed E-state index contributed by atoms with van der Waals surface area (Å²) in [6, 6.07) is 7.69. The summed E-state index contributed by atoms with van der Waals surface area (Å²) in [6.07, 6.45) is 0.